The molecule has 0 unspecified atom stereocenters. The topological polar surface area (TPSA) is 70.1 Å². The molecule has 4 aromatic rings. The molecule has 0 atom stereocenters. The van der Waals surface area contributed by atoms with E-state index in [1.54, 1.807) is 27.5 Å². The van der Waals surface area contributed by atoms with Crippen molar-refractivity contribution in [2.24, 2.45) is 7.05 Å². The minimum absolute atomic E-state index is 0.251. The van der Waals surface area contributed by atoms with Gasteiger partial charge in [0.2, 0.25) is 4.96 Å². The van der Waals surface area contributed by atoms with Crippen LogP contribution in [0.3, 0.4) is 0 Å². The molecule has 11 heteroatoms. The first-order valence-electron chi connectivity index (χ1n) is 7.85. The number of aromatic nitrogens is 6. The van der Waals surface area contributed by atoms with Gasteiger partial charge < -0.3 is 4.74 Å². The molecule has 0 aliphatic carbocycles. The maximum Gasteiger partial charge on any atom is 0.573 e. The van der Waals surface area contributed by atoms with Gasteiger partial charge >= 0.3 is 6.36 Å². The van der Waals surface area contributed by atoms with E-state index in [2.05, 4.69) is 25.1 Å². The maximum atomic E-state index is 12.2. The van der Waals surface area contributed by atoms with Crippen LogP contribution in [0.4, 0.5) is 13.2 Å². The summed E-state index contributed by atoms with van der Waals surface area (Å²) in [4.78, 5) is 0.639. The van der Waals surface area contributed by atoms with Gasteiger partial charge in [0, 0.05) is 19.2 Å². The van der Waals surface area contributed by atoms with Crippen molar-refractivity contribution in [1.82, 2.24) is 29.6 Å². The van der Waals surface area contributed by atoms with Crippen LogP contribution >= 0.6 is 11.3 Å². The van der Waals surface area contributed by atoms with Gasteiger partial charge in [0.15, 0.2) is 5.82 Å². The fourth-order valence-corrected chi connectivity index (χ4v) is 3.47. The van der Waals surface area contributed by atoms with E-state index in [4.69, 9.17) is 0 Å². The zero-order valence-electron chi connectivity index (χ0n) is 14.2. The predicted molar refractivity (Wildman–Crippen MR) is 91.5 cm³/mol. The lowest BCUT2D eigenvalue weighted by Crippen LogP contribution is -2.17. The highest BCUT2D eigenvalue weighted by Crippen LogP contribution is 2.26. The van der Waals surface area contributed by atoms with Crippen molar-refractivity contribution in [3.05, 3.63) is 46.7 Å². The van der Waals surface area contributed by atoms with Crippen LogP contribution < -0.4 is 4.74 Å². The smallest absolute Gasteiger partial charge is 0.406 e. The number of alkyl halides is 3. The maximum absolute atomic E-state index is 12.2. The number of hydrogen-bond acceptors (Lipinski definition) is 6. The molecule has 0 spiro atoms. The first kappa shape index (κ1) is 17.5. The number of fused-ring (bicyclic) bond motifs is 1. The van der Waals surface area contributed by atoms with Crippen molar-refractivity contribution < 1.29 is 17.9 Å². The van der Waals surface area contributed by atoms with E-state index in [9.17, 15) is 13.2 Å². The zero-order chi connectivity index (χ0) is 19.2. The third-order valence-electron chi connectivity index (χ3n) is 4.02. The molecule has 0 saturated heterocycles. The second-order valence-electron chi connectivity index (χ2n) is 5.85. The molecule has 3 aromatic heterocycles. The second kappa shape index (κ2) is 6.34. The Morgan fingerprint density at radius 2 is 1.89 bits per heavy atom. The van der Waals surface area contributed by atoms with E-state index in [1.165, 1.54) is 23.5 Å². The Balaban J connectivity index is 1.58. The van der Waals surface area contributed by atoms with E-state index in [0.717, 1.165) is 21.8 Å². The lowest BCUT2D eigenvalue weighted by Gasteiger charge is -2.08. The molecule has 0 fully saturated rings. The Hall–Kier alpha value is -2.95. The third kappa shape index (κ3) is 3.50. The highest BCUT2D eigenvalue weighted by molar-refractivity contribution is 7.16. The molecule has 0 N–H and O–H groups in total. The van der Waals surface area contributed by atoms with Gasteiger partial charge in [0.1, 0.15) is 10.8 Å². The lowest BCUT2D eigenvalue weighted by atomic mass is 10.1. The van der Waals surface area contributed by atoms with Crippen molar-refractivity contribution in [2.75, 3.05) is 0 Å². The molecule has 140 valence electrons. The average molecular weight is 394 g/mol. The van der Waals surface area contributed by atoms with E-state index in [-0.39, 0.29) is 5.75 Å². The monoisotopic (exact) mass is 394 g/mol. The summed E-state index contributed by atoms with van der Waals surface area (Å²) in [5.41, 5.74) is 2.60. The van der Waals surface area contributed by atoms with Crippen LogP contribution in [0.15, 0.2) is 30.5 Å². The number of aryl methyl sites for hydroxylation is 1. The summed E-state index contributed by atoms with van der Waals surface area (Å²) >= 11 is 1.37. The number of benzene rings is 1. The van der Waals surface area contributed by atoms with Gasteiger partial charge in [-0.3, -0.25) is 4.68 Å². The van der Waals surface area contributed by atoms with Crippen LogP contribution in [0.25, 0.3) is 16.3 Å². The van der Waals surface area contributed by atoms with Gasteiger partial charge in [-0.25, -0.2) is 0 Å². The largest absolute Gasteiger partial charge is 0.573 e. The summed E-state index contributed by atoms with van der Waals surface area (Å²) in [5.74, 6) is 0.353. The summed E-state index contributed by atoms with van der Waals surface area (Å²) in [5, 5.41) is 17.8. The normalized spacial score (nSPS) is 12.0. The minimum atomic E-state index is -4.70. The van der Waals surface area contributed by atoms with Gasteiger partial charge in [0.25, 0.3) is 0 Å². The molecule has 1 aromatic carbocycles. The van der Waals surface area contributed by atoms with Gasteiger partial charge in [-0.15, -0.1) is 23.4 Å². The predicted octanol–water partition coefficient (Wildman–Crippen LogP) is 3.38. The summed E-state index contributed by atoms with van der Waals surface area (Å²) in [7, 11) is 1.84. The second-order valence-corrected chi connectivity index (χ2v) is 6.89. The van der Waals surface area contributed by atoms with Crippen molar-refractivity contribution in [3.63, 3.8) is 0 Å². The highest BCUT2D eigenvalue weighted by atomic mass is 32.1. The number of rotatable bonds is 4. The van der Waals surface area contributed by atoms with E-state index < -0.39 is 6.36 Å². The number of hydrogen-bond donors (Lipinski definition) is 0. The SMILES string of the molecule is Cc1c(-c2nnc3sc(Cc4ccc(OC(F)(F)F)cc4)nn23)cnn1C. The number of halogens is 3. The molecule has 7 nitrogen and oxygen atoms in total. The Morgan fingerprint density at radius 3 is 2.52 bits per heavy atom. The van der Waals surface area contributed by atoms with Crippen molar-refractivity contribution >= 4 is 16.3 Å². The zero-order valence-corrected chi connectivity index (χ0v) is 15.0. The van der Waals surface area contributed by atoms with Crippen LogP contribution in [0, 0.1) is 6.92 Å². The van der Waals surface area contributed by atoms with Gasteiger partial charge in [-0.05, 0) is 24.6 Å². The molecule has 0 aliphatic rings. The molecular weight excluding hydrogens is 381 g/mol. The van der Waals surface area contributed by atoms with Gasteiger partial charge in [-0.1, -0.05) is 23.5 Å². The summed E-state index contributed by atoms with van der Waals surface area (Å²) in [6.07, 6.45) is -2.52. The van der Waals surface area contributed by atoms with Crippen LogP contribution in [-0.4, -0.2) is 36.0 Å². The fraction of sp³-hybridized carbons (Fsp3) is 0.250. The van der Waals surface area contributed by atoms with E-state index >= 15 is 0 Å². The molecule has 0 radical (unpaired) electrons. The molecule has 27 heavy (non-hydrogen) atoms. The number of nitrogens with zero attached hydrogens (tertiary/aromatic N) is 6. The lowest BCUT2D eigenvalue weighted by molar-refractivity contribution is -0.274. The summed E-state index contributed by atoms with van der Waals surface area (Å²) < 4.78 is 44.0. The Labute approximate surface area is 155 Å². The standard InChI is InChI=1S/C16H13F3N6OS/c1-9-12(8-20-24(9)2)14-21-22-15-25(14)23-13(27-15)7-10-3-5-11(6-4-10)26-16(17,18)19/h3-6,8H,7H2,1-2H3. The summed E-state index contributed by atoms with van der Waals surface area (Å²) in [6, 6.07) is 5.73. The molecule has 0 amide bonds. The Bertz CT molecular complexity index is 1100. The van der Waals surface area contributed by atoms with Crippen LogP contribution in [0.2, 0.25) is 0 Å². The first-order chi connectivity index (χ1) is 12.8. The number of ether oxygens (including phenoxy) is 1. The molecule has 4 rings (SSSR count). The quantitative estimate of drug-likeness (QED) is 0.531. The highest BCUT2D eigenvalue weighted by Gasteiger charge is 2.31. The van der Waals surface area contributed by atoms with Crippen molar-refractivity contribution in [1.29, 1.82) is 0 Å². The van der Waals surface area contributed by atoms with Crippen LogP contribution in [0.1, 0.15) is 16.3 Å². The molecular formula is C16H13F3N6OS. The third-order valence-corrected chi connectivity index (χ3v) is 4.92. The summed E-state index contributed by atoms with van der Waals surface area (Å²) in [6.45, 7) is 1.93. The van der Waals surface area contributed by atoms with E-state index in [0.29, 0.717) is 17.2 Å². The Morgan fingerprint density at radius 1 is 1.15 bits per heavy atom. The fourth-order valence-electron chi connectivity index (χ4n) is 2.60. The molecule has 0 aliphatic heterocycles. The van der Waals surface area contributed by atoms with Crippen LogP contribution in [0.5, 0.6) is 5.75 Å². The molecule has 3 heterocycles. The first-order valence-corrected chi connectivity index (χ1v) is 8.66. The van der Waals surface area contributed by atoms with Gasteiger partial charge in [-0.2, -0.15) is 14.7 Å². The molecule has 0 saturated carbocycles. The Kier molecular flexibility index (Phi) is 4.10. The average Bonchev–Trinajstić information content (AvgIpc) is 3.24. The van der Waals surface area contributed by atoms with Crippen molar-refractivity contribution in [3.8, 4) is 17.1 Å². The minimum Gasteiger partial charge on any atom is -0.406 e. The van der Waals surface area contributed by atoms with Crippen molar-refractivity contribution in [2.45, 2.75) is 19.7 Å². The van der Waals surface area contributed by atoms with Crippen LogP contribution in [-0.2, 0) is 13.5 Å². The van der Waals surface area contributed by atoms with Gasteiger partial charge in [0.05, 0.1) is 11.8 Å². The van der Waals surface area contributed by atoms with E-state index in [1.807, 2.05) is 14.0 Å². The molecule has 0 bridgehead atoms.